The third-order valence-corrected chi connectivity index (χ3v) is 4.50. The maximum absolute atomic E-state index is 10.8. The molecule has 1 aliphatic carbocycles. The van der Waals surface area contributed by atoms with Crippen molar-refractivity contribution in [2.45, 2.75) is 44.6 Å². The van der Waals surface area contributed by atoms with Crippen LogP contribution in [0.1, 0.15) is 38.5 Å². The van der Waals surface area contributed by atoms with E-state index >= 15 is 0 Å². The SMILES string of the molecule is O=[N+]([O-])c1ccc(Cl)c(NC(=S)NCCCOC2CCCCC2)c1. The lowest BCUT2D eigenvalue weighted by Crippen LogP contribution is -2.30. The predicted octanol–water partition coefficient (Wildman–Crippen LogP) is 4.27. The molecule has 0 saturated heterocycles. The molecule has 0 atom stereocenters. The Balaban J connectivity index is 1.67. The van der Waals surface area contributed by atoms with Crippen molar-refractivity contribution in [1.82, 2.24) is 5.32 Å². The van der Waals surface area contributed by atoms with Crippen LogP contribution in [0, 0.1) is 10.1 Å². The number of nitro groups is 1. The molecule has 0 aromatic heterocycles. The van der Waals surface area contributed by atoms with Gasteiger partial charge < -0.3 is 15.4 Å². The summed E-state index contributed by atoms with van der Waals surface area (Å²) in [5.74, 6) is 0. The topological polar surface area (TPSA) is 76.4 Å². The van der Waals surface area contributed by atoms with Crippen molar-refractivity contribution in [2.24, 2.45) is 0 Å². The Bertz CT molecular complexity index is 580. The van der Waals surface area contributed by atoms with Gasteiger partial charge in [-0.25, -0.2) is 0 Å². The number of halogens is 1. The smallest absolute Gasteiger partial charge is 0.271 e. The van der Waals surface area contributed by atoms with E-state index in [0.717, 1.165) is 6.42 Å². The van der Waals surface area contributed by atoms with E-state index in [9.17, 15) is 10.1 Å². The first-order chi connectivity index (χ1) is 11.6. The molecule has 0 amide bonds. The Labute approximate surface area is 152 Å². The second kappa shape index (κ2) is 9.76. The molecule has 0 spiro atoms. The molecule has 1 aromatic rings. The first-order valence-corrected chi connectivity index (χ1v) is 8.95. The van der Waals surface area contributed by atoms with Gasteiger partial charge >= 0.3 is 0 Å². The van der Waals surface area contributed by atoms with E-state index in [1.165, 1.54) is 50.3 Å². The summed E-state index contributed by atoms with van der Waals surface area (Å²) in [5, 5.41) is 17.5. The highest BCUT2D eigenvalue weighted by Crippen LogP contribution is 2.26. The Morgan fingerprint density at radius 2 is 2.12 bits per heavy atom. The fraction of sp³-hybridized carbons (Fsp3) is 0.562. The van der Waals surface area contributed by atoms with Crippen LogP contribution in [0.25, 0.3) is 0 Å². The van der Waals surface area contributed by atoms with Crippen molar-refractivity contribution in [2.75, 3.05) is 18.5 Å². The van der Waals surface area contributed by atoms with Gasteiger partial charge in [0, 0.05) is 25.3 Å². The summed E-state index contributed by atoms with van der Waals surface area (Å²) in [4.78, 5) is 10.3. The molecule has 2 rings (SSSR count). The van der Waals surface area contributed by atoms with Gasteiger partial charge in [0.25, 0.3) is 5.69 Å². The number of thiocarbonyl (C=S) groups is 1. The van der Waals surface area contributed by atoms with Crippen molar-refractivity contribution in [3.05, 3.63) is 33.3 Å². The third kappa shape index (κ3) is 6.22. The second-order valence-electron chi connectivity index (χ2n) is 5.79. The van der Waals surface area contributed by atoms with Crippen molar-refractivity contribution in [3.63, 3.8) is 0 Å². The highest BCUT2D eigenvalue weighted by Gasteiger charge is 2.13. The number of ether oxygens (including phenoxy) is 1. The lowest BCUT2D eigenvalue weighted by atomic mass is 9.98. The molecular weight excluding hydrogens is 350 g/mol. The molecule has 6 nitrogen and oxygen atoms in total. The summed E-state index contributed by atoms with van der Waals surface area (Å²) in [6, 6.07) is 4.19. The summed E-state index contributed by atoms with van der Waals surface area (Å²) >= 11 is 11.2. The van der Waals surface area contributed by atoms with Crippen molar-refractivity contribution >= 4 is 40.3 Å². The zero-order valence-electron chi connectivity index (χ0n) is 13.4. The molecule has 1 aliphatic rings. The summed E-state index contributed by atoms with van der Waals surface area (Å²) in [7, 11) is 0. The van der Waals surface area contributed by atoms with Crippen LogP contribution in [-0.4, -0.2) is 29.3 Å². The molecule has 1 saturated carbocycles. The summed E-state index contributed by atoms with van der Waals surface area (Å²) in [6.07, 6.45) is 7.44. The molecule has 24 heavy (non-hydrogen) atoms. The van der Waals surface area contributed by atoms with Crippen LogP contribution >= 0.6 is 23.8 Å². The van der Waals surface area contributed by atoms with Crippen LogP contribution in [0.2, 0.25) is 5.02 Å². The molecule has 0 aliphatic heterocycles. The molecule has 0 radical (unpaired) electrons. The fourth-order valence-corrected chi connectivity index (χ4v) is 3.02. The van der Waals surface area contributed by atoms with E-state index in [4.69, 9.17) is 28.6 Å². The Kier molecular flexibility index (Phi) is 7.68. The molecule has 1 fully saturated rings. The van der Waals surface area contributed by atoms with Gasteiger partial charge in [0.05, 0.1) is 21.7 Å². The molecule has 2 N–H and O–H groups in total. The van der Waals surface area contributed by atoms with E-state index in [1.807, 2.05) is 0 Å². The highest BCUT2D eigenvalue weighted by molar-refractivity contribution is 7.80. The number of nitro benzene ring substituents is 1. The average molecular weight is 372 g/mol. The monoisotopic (exact) mass is 371 g/mol. The largest absolute Gasteiger partial charge is 0.378 e. The zero-order chi connectivity index (χ0) is 17.4. The van der Waals surface area contributed by atoms with Crippen molar-refractivity contribution < 1.29 is 9.66 Å². The minimum absolute atomic E-state index is 0.0365. The van der Waals surface area contributed by atoms with Crippen molar-refractivity contribution in [3.8, 4) is 0 Å². The van der Waals surface area contributed by atoms with Gasteiger partial charge in [-0.3, -0.25) is 10.1 Å². The molecule has 132 valence electrons. The second-order valence-corrected chi connectivity index (χ2v) is 6.60. The van der Waals surface area contributed by atoms with Crippen molar-refractivity contribution in [1.29, 1.82) is 0 Å². The number of hydrogen-bond donors (Lipinski definition) is 2. The normalized spacial score (nSPS) is 15.0. The standard InChI is InChI=1S/C16H22ClN3O3S/c17-14-8-7-12(20(21)22)11-15(14)19-16(24)18-9-4-10-23-13-5-2-1-3-6-13/h7-8,11,13H,1-6,9-10H2,(H2,18,19,24). The molecule has 8 heteroatoms. The predicted molar refractivity (Wildman–Crippen MR) is 99.8 cm³/mol. The van der Waals surface area contributed by atoms with Crippen LogP contribution in [-0.2, 0) is 4.74 Å². The van der Waals surface area contributed by atoms with Gasteiger partial charge in [-0.05, 0) is 37.5 Å². The first-order valence-electron chi connectivity index (χ1n) is 8.16. The van der Waals surface area contributed by atoms with E-state index < -0.39 is 4.92 Å². The van der Waals surface area contributed by atoms with Crippen LogP contribution in [0.4, 0.5) is 11.4 Å². The van der Waals surface area contributed by atoms with E-state index in [2.05, 4.69) is 10.6 Å². The Hall–Kier alpha value is -1.44. The molecule has 0 unspecified atom stereocenters. The van der Waals surface area contributed by atoms with Gasteiger partial charge in [0.2, 0.25) is 0 Å². The van der Waals surface area contributed by atoms with Gasteiger partial charge in [-0.1, -0.05) is 30.9 Å². The number of benzene rings is 1. The van der Waals surface area contributed by atoms with Gasteiger partial charge in [-0.2, -0.15) is 0 Å². The quantitative estimate of drug-likeness (QED) is 0.322. The maximum atomic E-state index is 10.8. The van der Waals surface area contributed by atoms with Crippen LogP contribution in [0.15, 0.2) is 18.2 Å². The fourth-order valence-electron chi connectivity index (χ4n) is 2.65. The maximum Gasteiger partial charge on any atom is 0.271 e. The van der Waals surface area contributed by atoms with Crippen LogP contribution < -0.4 is 10.6 Å². The lowest BCUT2D eigenvalue weighted by molar-refractivity contribution is -0.384. The summed E-state index contributed by atoms with van der Waals surface area (Å²) < 4.78 is 5.84. The minimum Gasteiger partial charge on any atom is -0.378 e. The van der Waals surface area contributed by atoms with Gasteiger partial charge in [0.15, 0.2) is 5.11 Å². The first kappa shape index (κ1) is 18.9. The summed E-state index contributed by atoms with van der Waals surface area (Å²) in [6.45, 7) is 1.38. The number of anilines is 1. The summed E-state index contributed by atoms with van der Waals surface area (Å²) in [5.41, 5.74) is 0.382. The molecular formula is C16H22ClN3O3S. The molecule has 0 heterocycles. The minimum atomic E-state index is -0.472. The van der Waals surface area contributed by atoms with Crippen LogP contribution in [0.3, 0.4) is 0 Å². The molecule has 1 aromatic carbocycles. The number of non-ortho nitro benzene ring substituents is 1. The van der Waals surface area contributed by atoms with Gasteiger partial charge in [-0.15, -0.1) is 0 Å². The van der Waals surface area contributed by atoms with E-state index in [-0.39, 0.29) is 5.69 Å². The Morgan fingerprint density at radius 1 is 1.38 bits per heavy atom. The lowest BCUT2D eigenvalue weighted by Gasteiger charge is -2.22. The molecule has 0 bridgehead atoms. The van der Waals surface area contributed by atoms with E-state index in [1.54, 1.807) is 0 Å². The number of nitrogens with zero attached hydrogens (tertiary/aromatic N) is 1. The number of nitrogens with one attached hydrogen (secondary N) is 2. The number of hydrogen-bond acceptors (Lipinski definition) is 4. The highest BCUT2D eigenvalue weighted by atomic mass is 35.5. The number of rotatable bonds is 7. The van der Waals surface area contributed by atoms with E-state index in [0.29, 0.717) is 35.1 Å². The van der Waals surface area contributed by atoms with Crippen LogP contribution in [0.5, 0.6) is 0 Å². The average Bonchev–Trinajstić information content (AvgIpc) is 2.57. The van der Waals surface area contributed by atoms with Gasteiger partial charge in [0.1, 0.15) is 0 Å². The zero-order valence-corrected chi connectivity index (χ0v) is 15.0. The Morgan fingerprint density at radius 3 is 2.83 bits per heavy atom. The third-order valence-electron chi connectivity index (χ3n) is 3.92.